The lowest BCUT2D eigenvalue weighted by molar-refractivity contribution is 0.130. The van der Waals surface area contributed by atoms with Crippen LogP contribution in [0.4, 0.5) is 0 Å². The van der Waals surface area contributed by atoms with Gasteiger partial charge in [-0.05, 0) is 23.1 Å². The Labute approximate surface area is 123 Å². The molecule has 0 N–H and O–H groups in total. The van der Waals surface area contributed by atoms with E-state index in [9.17, 15) is 0 Å². The van der Waals surface area contributed by atoms with Crippen LogP contribution >= 0.6 is 11.6 Å². The minimum Gasteiger partial charge on any atom is -0.358 e. The van der Waals surface area contributed by atoms with Crippen LogP contribution in [0.3, 0.4) is 0 Å². The Bertz CT molecular complexity index is 589. The number of aromatic nitrogens is 3. The van der Waals surface area contributed by atoms with Gasteiger partial charge in [0.25, 0.3) is 0 Å². The Morgan fingerprint density at radius 1 is 1.30 bits per heavy atom. The lowest BCUT2D eigenvalue weighted by Gasteiger charge is -2.28. The van der Waals surface area contributed by atoms with Gasteiger partial charge in [0.05, 0.1) is 6.54 Å². The third-order valence-corrected chi connectivity index (χ3v) is 4.25. The quantitative estimate of drug-likeness (QED) is 0.813. The van der Waals surface area contributed by atoms with Crippen molar-refractivity contribution in [3.8, 4) is 0 Å². The molecule has 0 amide bonds. The van der Waals surface area contributed by atoms with E-state index < -0.39 is 0 Å². The monoisotopic (exact) mass is 291 g/mol. The zero-order valence-corrected chi connectivity index (χ0v) is 12.6. The highest BCUT2D eigenvalue weighted by Gasteiger charge is 2.64. The SMILES string of the molecule is CC(C)(C)C1(Cn2cncn2)OC1c1ccc(Cl)cc1. The van der Waals surface area contributed by atoms with E-state index in [4.69, 9.17) is 16.3 Å². The summed E-state index contributed by atoms with van der Waals surface area (Å²) in [6.45, 7) is 7.28. The van der Waals surface area contributed by atoms with E-state index in [0.29, 0.717) is 6.54 Å². The number of hydrogen-bond donors (Lipinski definition) is 0. The third-order valence-electron chi connectivity index (χ3n) is 4.00. The van der Waals surface area contributed by atoms with Crippen LogP contribution in [-0.4, -0.2) is 20.4 Å². The Morgan fingerprint density at radius 3 is 2.55 bits per heavy atom. The lowest BCUT2D eigenvalue weighted by atomic mass is 9.76. The maximum atomic E-state index is 6.14. The molecule has 106 valence electrons. The van der Waals surface area contributed by atoms with Gasteiger partial charge in [-0.15, -0.1) is 0 Å². The molecule has 2 aromatic rings. The number of ether oxygens (including phenoxy) is 1. The second kappa shape index (κ2) is 4.57. The minimum absolute atomic E-state index is 0.00323. The van der Waals surface area contributed by atoms with Crippen molar-refractivity contribution in [3.05, 3.63) is 47.5 Å². The number of halogens is 1. The number of benzene rings is 1. The van der Waals surface area contributed by atoms with E-state index in [0.717, 1.165) is 10.6 Å². The molecule has 20 heavy (non-hydrogen) atoms. The summed E-state index contributed by atoms with van der Waals surface area (Å²) in [4.78, 5) is 4.00. The Kier molecular flexibility index (Phi) is 3.10. The van der Waals surface area contributed by atoms with Gasteiger partial charge in [0.15, 0.2) is 0 Å². The summed E-state index contributed by atoms with van der Waals surface area (Å²) in [5.74, 6) is 0. The molecule has 0 aliphatic carbocycles. The van der Waals surface area contributed by atoms with Crippen molar-refractivity contribution < 1.29 is 4.74 Å². The molecule has 2 atom stereocenters. The minimum atomic E-state index is -0.255. The number of hydrogen-bond acceptors (Lipinski definition) is 3. The summed E-state index contributed by atoms with van der Waals surface area (Å²) >= 11 is 5.95. The Hall–Kier alpha value is -1.39. The van der Waals surface area contributed by atoms with E-state index in [-0.39, 0.29) is 17.1 Å². The molecular formula is C15H18ClN3O. The van der Waals surface area contributed by atoms with Crippen LogP contribution in [0.2, 0.25) is 5.02 Å². The second-order valence-corrected chi connectivity index (χ2v) is 6.72. The third kappa shape index (κ3) is 2.23. The predicted molar refractivity (Wildman–Crippen MR) is 77.5 cm³/mol. The summed E-state index contributed by atoms with van der Waals surface area (Å²) in [6, 6.07) is 7.87. The smallest absolute Gasteiger partial charge is 0.137 e. The molecule has 1 aliphatic heterocycles. The van der Waals surface area contributed by atoms with Crippen molar-refractivity contribution in [2.24, 2.45) is 5.41 Å². The fraction of sp³-hybridized carbons (Fsp3) is 0.467. The zero-order chi connectivity index (χ0) is 14.4. The molecule has 3 rings (SSSR count). The average Bonchev–Trinajstić information content (AvgIpc) is 2.89. The van der Waals surface area contributed by atoms with Crippen LogP contribution in [0.1, 0.15) is 32.4 Å². The first-order valence-corrected chi connectivity index (χ1v) is 7.06. The van der Waals surface area contributed by atoms with Gasteiger partial charge in [-0.25, -0.2) is 9.67 Å². The van der Waals surface area contributed by atoms with Gasteiger partial charge in [-0.3, -0.25) is 0 Å². The Balaban J connectivity index is 1.89. The molecule has 0 spiro atoms. The van der Waals surface area contributed by atoms with E-state index >= 15 is 0 Å². The number of epoxide rings is 1. The van der Waals surface area contributed by atoms with Crippen LogP contribution in [0.5, 0.6) is 0 Å². The Morgan fingerprint density at radius 2 is 2.00 bits per heavy atom. The highest BCUT2D eigenvalue weighted by atomic mass is 35.5. The molecule has 1 aromatic carbocycles. The first-order valence-electron chi connectivity index (χ1n) is 6.68. The van der Waals surface area contributed by atoms with Crippen molar-refractivity contribution in [1.82, 2.24) is 14.8 Å². The fourth-order valence-corrected chi connectivity index (χ4v) is 2.76. The predicted octanol–water partition coefficient (Wildman–Crippen LogP) is 3.49. The van der Waals surface area contributed by atoms with Gasteiger partial charge in [0.2, 0.25) is 0 Å². The first-order chi connectivity index (χ1) is 9.42. The molecule has 1 fully saturated rings. The van der Waals surface area contributed by atoms with Gasteiger partial charge < -0.3 is 4.74 Å². The maximum Gasteiger partial charge on any atom is 0.137 e. The van der Waals surface area contributed by atoms with Gasteiger partial charge >= 0.3 is 0 Å². The molecular weight excluding hydrogens is 274 g/mol. The fourth-order valence-electron chi connectivity index (χ4n) is 2.63. The van der Waals surface area contributed by atoms with Crippen molar-refractivity contribution in [2.45, 2.75) is 39.0 Å². The zero-order valence-electron chi connectivity index (χ0n) is 11.9. The molecule has 2 heterocycles. The average molecular weight is 292 g/mol. The normalized spacial score (nSPS) is 25.7. The molecule has 4 nitrogen and oxygen atoms in total. The van der Waals surface area contributed by atoms with Crippen LogP contribution in [0.25, 0.3) is 0 Å². The highest BCUT2D eigenvalue weighted by molar-refractivity contribution is 6.30. The first kappa shape index (κ1) is 13.6. The highest BCUT2D eigenvalue weighted by Crippen LogP contribution is 2.60. The molecule has 1 aliphatic rings. The number of nitrogens with zero attached hydrogens (tertiary/aromatic N) is 3. The van der Waals surface area contributed by atoms with Crippen molar-refractivity contribution in [2.75, 3.05) is 0 Å². The summed E-state index contributed by atoms with van der Waals surface area (Å²) in [6.07, 6.45) is 3.35. The van der Waals surface area contributed by atoms with Crippen molar-refractivity contribution >= 4 is 11.6 Å². The summed E-state index contributed by atoms with van der Waals surface area (Å²) in [5, 5.41) is 4.94. The van der Waals surface area contributed by atoms with E-state index in [1.165, 1.54) is 0 Å². The van der Waals surface area contributed by atoms with E-state index in [1.807, 2.05) is 28.9 Å². The summed E-state index contributed by atoms with van der Waals surface area (Å²) < 4.78 is 7.97. The summed E-state index contributed by atoms with van der Waals surface area (Å²) in [7, 11) is 0. The lowest BCUT2D eigenvalue weighted by Crippen LogP contribution is -2.35. The molecule has 2 unspecified atom stereocenters. The van der Waals surface area contributed by atoms with Crippen LogP contribution in [-0.2, 0) is 11.3 Å². The topological polar surface area (TPSA) is 43.2 Å². The molecule has 0 radical (unpaired) electrons. The second-order valence-electron chi connectivity index (χ2n) is 6.28. The van der Waals surface area contributed by atoms with Gasteiger partial charge in [0, 0.05) is 5.02 Å². The summed E-state index contributed by atoms with van der Waals surface area (Å²) in [5.41, 5.74) is 0.905. The van der Waals surface area contributed by atoms with Crippen LogP contribution in [0.15, 0.2) is 36.9 Å². The molecule has 0 saturated carbocycles. The number of rotatable bonds is 3. The maximum absolute atomic E-state index is 6.14. The van der Waals surface area contributed by atoms with Crippen molar-refractivity contribution in [3.63, 3.8) is 0 Å². The largest absolute Gasteiger partial charge is 0.358 e. The van der Waals surface area contributed by atoms with Crippen molar-refractivity contribution in [1.29, 1.82) is 0 Å². The van der Waals surface area contributed by atoms with Gasteiger partial charge in [0.1, 0.15) is 24.4 Å². The van der Waals surface area contributed by atoms with E-state index in [1.54, 1.807) is 12.7 Å². The van der Waals surface area contributed by atoms with Crippen LogP contribution < -0.4 is 0 Å². The molecule has 5 heteroatoms. The van der Waals surface area contributed by atoms with Gasteiger partial charge in [-0.1, -0.05) is 44.5 Å². The standard InChI is InChI=1S/C15H18ClN3O/c1-14(2,3)15(8-19-10-17-9-18-19)13(20-15)11-4-6-12(16)7-5-11/h4-7,9-10,13H,8H2,1-3H3. The molecule has 1 aromatic heterocycles. The van der Waals surface area contributed by atoms with Crippen LogP contribution in [0, 0.1) is 5.41 Å². The molecule has 0 bridgehead atoms. The van der Waals surface area contributed by atoms with Gasteiger partial charge in [-0.2, -0.15) is 5.10 Å². The van der Waals surface area contributed by atoms with E-state index in [2.05, 4.69) is 30.9 Å². The molecule has 1 saturated heterocycles.